The fourth-order valence-corrected chi connectivity index (χ4v) is 4.22. The molecular formula is C24H20ClNO4. The molecule has 152 valence electrons. The van der Waals surface area contributed by atoms with Crippen molar-refractivity contribution < 1.29 is 19.4 Å². The number of carboxylic acid groups (broad SMARTS) is 1. The molecule has 0 radical (unpaired) electrons. The van der Waals surface area contributed by atoms with E-state index in [0.29, 0.717) is 5.02 Å². The first-order valence-electron chi connectivity index (χ1n) is 9.53. The second kappa shape index (κ2) is 8.20. The zero-order valence-corrected chi connectivity index (χ0v) is 17.0. The Morgan fingerprint density at radius 3 is 2.00 bits per heavy atom. The normalized spacial score (nSPS) is 13.3. The molecule has 1 aliphatic carbocycles. The number of halogens is 1. The highest BCUT2D eigenvalue weighted by Crippen LogP contribution is 2.47. The van der Waals surface area contributed by atoms with E-state index in [-0.39, 0.29) is 6.42 Å². The van der Waals surface area contributed by atoms with Crippen molar-refractivity contribution in [3.8, 4) is 11.1 Å². The van der Waals surface area contributed by atoms with Crippen molar-refractivity contribution in [1.82, 2.24) is 4.90 Å². The van der Waals surface area contributed by atoms with E-state index < -0.39 is 24.1 Å². The minimum atomic E-state index is -1.12. The number of nitrogens with zero attached hydrogens (tertiary/aromatic N) is 1. The van der Waals surface area contributed by atoms with Crippen molar-refractivity contribution in [2.45, 2.75) is 18.5 Å². The molecule has 0 aliphatic heterocycles. The van der Waals surface area contributed by atoms with Gasteiger partial charge in [0.2, 0.25) is 0 Å². The van der Waals surface area contributed by atoms with Gasteiger partial charge in [-0.15, -0.1) is 0 Å². The highest BCUT2D eigenvalue weighted by atomic mass is 35.5. The predicted octanol–water partition coefficient (Wildman–Crippen LogP) is 5.17. The Bertz CT molecular complexity index is 1050. The van der Waals surface area contributed by atoms with E-state index in [2.05, 4.69) is 0 Å². The van der Waals surface area contributed by atoms with Crippen molar-refractivity contribution in [3.05, 3.63) is 94.5 Å². The number of amides is 1. The monoisotopic (exact) mass is 421 g/mol. The Kier molecular flexibility index (Phi) is 5.46. The van der Waals surface area contributed by atoms with E-state index in [1.54, 1.807) is 24.3 Å². The number of carbonyl (C=O) groups is 2. The van der Waals surface area contributed by atoms with Crippen molar-refractivity contribution in [1.29, 1.82) is 0 Å². The molecule has 1 aliphatic rings. The number of benzene rings is 3. The highest BCUT2D eigenvalue weighted by molar-refractivity contribution is 6.30. The Labute approximate surface area is 179 Å². The molecule has 1 amide bonds. The van der Waals surface area contributed by atoms with Crippen LogP contribution in [0.4, 0.5) is 4.79 Å². The van der Waals surface area contributed by atoms with E-state index in [0.717, 1.165) is 27.8 Å². The molecule has 30 heavy (non-hydrogen) atoms. The van der Waals surface area contributed by atoms with Gasteiger partial charge in [0.25, 0.3) is 0 Å². The van der Waals surface area contributed by atoms with Crippen LogP contribution in [-0.4, -0.2) is 35.2 Å². The summed E-state index contributed by atoms with van der Waals surface area (Å²) in [4.78, 5) is 26.6. The topological polar surface area (TPSA) is 66.8 Å². The Morgan fingerprint density at radius 2 is 1.50 bits per heavy atom. The maximum Gasteiger partial charge on any atom is 0.411 e. The second-order valence-corrected chi connectivity index (χ2v) is 7.58. The minimum Gasteiger partial charge on any atom is -0.480 e. The van der Waals surface area contributed by atoms with Crippen LogP contribution >= 0.6 is 11.6 Å². The molecule has 0 bridgehead atoms. The summed E-state index contributed by atoms with van der Waals surface area (Å²) in [5.74, 6) is -1.10. The number of hydrogen-bond acceptors (Lipinski definition) is 3. The smallest absolute Gasteiger partial charge is 0.411 e. The first-order chi connectivity index (χ1) is 14.5. The Hall–Kier alpha value is -3.31. The molecule has 3 aromatic rings. The summed E-state index contributed by atoms with van der Waals surface area (Å²) in [5.41, 5.74) is 4.50. The van der Waals surface area contributed by atoms with Crippen LogP contribution in [0.3, 0.4) is 0 Å². The Balaban J connectivity index is 1.83. The fourth-order valence-electron chi connectivity index (χ4n) is 4.10. The number of hydrogen-bond donors (Lipinski definition) is 1. The van der Waals surface area contributed by atoms with Gasteiger partial charge < -0.3 is 9.84 Å². The van der Waals surface area contributed by atoms with Crippen molar-refractivity contribution in [3.63, 3.8) is 0 Å². The molecule has 0 saturated heterocycles. The molecule has 6 heteroatoms. The molecule has 0 saturated carbocycles. The summed E-state index contributed by atoms with van der Waals surface area (Å²) in [5, 5.41) is 10.6. The van der Waals surface area contributed by atoms with Crippen LogP contribution in [0.25, 0.3) is 11.1 Å². The van der Waals surface area contributed by atoms with Crippen LogP contribution in [0.5, 0.6) is 0 Å². The molecule has 1 atom stereocenters. The molecule has 0 fully saturated rings. The third-order valence-electron chi connectivity index (χ3n) is 5.43. The van der Waals surface area contributed by atoms with E-state index in [1.807, 2.05) is 48.5 Å². The fraction of sp³-hybridized carbons (Fsp3) is 0.167. The molecular weight excluding hydrogens is 402 g/mol. The van der Waals surface area contributed by atoms with Gasteiger partial charge in [0.1, 0.15) is 6.04 Å². The third-order valence-corrected chi connectivity index (χ3v) is 5.68. The van der Waals surface area contributed by atoms with Gasteiger partial charge in [-0.1, -0.05) is 72.3 Å². The molecule has 0 heterocycles. The van der Waals surface area contributed by atoms with Gasteiger partial charge in [-0.2, -0.15) is 0 Å². The first-order valence-corrected chi connectivity index (χ1v) is 9.91. The summed E-state index contributed by atoms with van der Waals surface area (Å²) in [6, 6.07) is 20.7. The first kappa shape index (κ1) is 20.0. The molecule has 0 spiro atoms. The lowest BCUT2D eigenvalue weighted by atomic mass is 9.98. The molecule has 0 aromatic heterocycles. The lowest BCUT2D eigenvalue weighted by molar-refractivity contribution is -0.143. The summed E-state index contributed by atoms with van der Waals surface area (Å²) in [6.45, 7) is 0. The molecule has 3 aromatic carbocycles. The average molecular weight is 422 g/mol. The standard InChI is InChI=1S/C24H20ClNO4/c1-30-24(29)26(21(23(27)28)14-15-10-12-16(25)13-11-15)22-19-8-4-2-6-17(19)18-7-3-5-9-20(18)22/h2-13,21-22H,14H2,1H3,(H,27,28). The maximum absolute atomic E-state index is 12.9. The van der Waals surface area contributed by atoms with Crippen molar-refractivity contribution in [2.75, 3.05) is 7.11 Å². The van der Waals surface area contributed by atoms with Crippen LogP contribution in [-0.2, 0) is 16.0 Å². The highest BCUT2D eigenvalue weighted by Gasteiger charge is 2.42. The number of fused-ring (bicyclic) bond motifs is 3. The summed E-state index contributed by atoms with van der Waals surface area (Å²) in [6.07, 6.45) is -0.560. The van der Waals surface area contributed by atoms with Crippen molar-refractivity contribution >= 4 is 23.7 Å². The lowest BCUT2D eigenvalue weighted by Crippen LogP contribution is -2.48. The number of ether oxygens (including phenoxy) is 1. The number of rotatable bonds is 5. The summed E-state index contributed by atoms with van der Waals surface area (Å²) >= 11 is 5.96. The van der Waals surface area contributed by atoms with Crippen LogP contribution in [0.15, 0.2) is 72.8 Å². The van der Waals surface area contributed by atoms with Crippen molar-refractivity contribution in [2.24, 2.45) is 0 Å². The van der Waals surface area contributed by atoms with Gasteiger partial charge in [-0.05, 0) is 39.9 Å². The van der Waals surface area contributed by atoms with Crippen LogP contribution in [0.2, 0.25) is 5.02 Å². The zero-order chi connectivity index (χ0) is 21.3. The SMILES string of the molecule is COC(=O)N(C(Cc1ccc(Cl)cc1)C(=O)O)C1c2ccccc2-c2ccccc21. The second-order valence-electron chi connectivity index (χ2n) is 7.14. The quantitative estimate of drug-likeness (QED) is 0.616. The van der Waals surface area contributed by atoms with Gasteiger partial charge in [0.15, 0.2) is 0 Å². The van der Waals surface area contributed by atoms with Crippen LogP contribution < -0.4 is 0 Å². The lowest BCUT2D eigenvalue weighted by Gasteiger charge is -2.34. The molecule has 4 rings (SSSR count). The molecule has 5 nitrogen and oxygen atoms in total. The van der Waals surface area contributed by atoms with Gasteiger partial charge in [-0.3, -0.25) is 4.90 Å². The van der Waals surface area contributed by atoms with E-state index in [9.17, 15) is 14.7 Å². The number of methoxy groups -OCH3 is 1. The van der Waals surface area contributed by atoms with E-state index in [4.69, 9.17) is 16.3 Å². The zero-order valence-electron chi connectivity index (χ0n) is 16.3. The van der Waals surface area contributed by atoms with Gasteiger partial charge in [0, 0.05) is 11.4 Å². The minimum absolute atomic E-state index is 0.127. The number of carboxylic acids is 1. The van der Waals surface area contributed by atoms with E-state index in [1.165, 1.54) is 12.0 Å². The average Bonchev–Trinajstić information content (AvgIpc) is 3.09. The molecule has 1 N–H and O–H groups in total. The van der Waals surface area contributed by atoms with Gasteiger partial charge >= 0.3 is 12.1 Å². The summed E-state index contributed by atoms with van der Waals surface area (Å²) < 4.78 is 5.05. The largest absolute Gasteiger partial charge is 0.480 e. The maximum atomic E-state index is 12.9. The van der Waals surface area contributed by atoms with Crippen LogP contribution in [0, 0.1) is 0 Å². The van der Waals surface area contributed by atoms with Gasteiger partial charge in [-0.25, -0.2) is 9.59 Å². The molecule has 1 unspecified atom stereocenters. The number of carbonyl (C=O) groups excluding carboxylic acids is 1. The van der Waals surface area contributed by atoms with E-state index >= 15 is 0 Å². The van der Waals surface area contributed by atoms with Gasteiger partial charge in [0.05, 0.1) is 13.2 Å². The predicted molar refractivity (Wildman–Crippen MR) is 115 cm³/mol. The third kappa shape index (κ3) is 3.53. The number of aliphatic carboxylic acids is 1. The van der Waals surface area contributed by atoms with Crippen LogP contribution in [0.1, 0.15) is 22.7 Å². The Morgan fingerprint density at radius 1 is 0.967 bits per heavy atom. The summed E-state index contributed by atoms with van der Waals surface area (Å²) in [7, 11) is 1.27.